The van der Waals surface area contributed by atoms with Crippen LogP contribution in [0.4, 0.5) is 36.8 Å². The average molecular weight is 684 g/mol. The number of carbonyl (C=O) groups excluding carboxylic acids is 2. The molecule has 10 nitrogen and oxygen atoms in total. The number of nitrogens with zero attached hydrogens (tertiary/aromatic N) is 5. The molecule has 0 aliphatic carbocycles. The van der Waals surface area contributed by atoms with E-state index in [9.17, 15) is 35.9 Å². The molecule has 3 aromatic carbocycles. The van der Waals surface area contributed by atoms with E-state index in [0.717, 1.165) is 47.7 Å². The van der Waals surface area contributed by atoms with Crippen molar-refractivity contribution in [1.29, 1.82) is 0 Å². The Kier molecular flexibility index (Phi) is 9.27. The lowest BCUT2D eigenvalue weighted by Gasteiger charge is -2.21. The predicted molar refractivity (Wildman–Crippen MR) is 157 cm³/mol. The Morgan fingerprint density at radius 2 is 1.74 bits per heavy atom. The third-order valence-corrected chi connectivity index (χ3v) is 7.52. The summed E-state index contributed by atoms with van der Waals surface area (Å²) in [4.78, 5) is 33.8. The summed E-state index contributed by atoms with van der Waals surface area (Å²) >= 11 is 6.71. The first-order valence-corrected chi connectivity index (χ1v) is 14.4. The molecule has 0 saturated carbocycles. The van der Waals surface area contributed by atoms with Crippen molar-refractivity contribution in [1.82, 2.24) is 25.6 Å². The van der Waals surface area contributed by atoms with Gasteiger partial charge in [-0.15, -0.1) is 18.3 Å². The Labute approximate surface area is 265 Å². The third-order valence-electron chi connectivity index (χ3n) is 6.36. The number of anilines is 1. The molecule has 3 amide bonds. The molecule has 46 heavy (non-hydrogen) atoms. The number of ether oxygens (including phenoxy) is 1. The number of aliphatic imine (C=N–C) groups is 1. The van der Waals surface area contributed by atoms with Gasteiger partial charge in [-0.3, -0.25) is 15.1 Å². The van der Waals surface area contributed by atoms with Crippen molar-refractivity contribution in [2.75, 3.05) is 10.7 Å². The van der Waals surface area contributed by atoms with Gasteiger partial charge in [0.2, 0.25) is 5.91 Å². The maximum atomic E-state index is 13.6. The number of halogens is 7. The first-order valence-electron chi connectivity index (χ1n) is 13.0. The summed E-state index contributed by atoms with van der Waals surface area (Å²) in [5.74, 6) is -0.945. The highest BCUT2D eigenvalue weighted by Crippen LogP contribution is 2.40. The quantitative estimate of drug-likeness (QED) is 0.161. The normalized spacial score (nSPS) is 15.3. The maximum Gasteiger partial charge on any atom is 0.573 e. The van der Waals surface area contributed by atoms with Gasteiger partial charge in [0.1, 0.15) is 12.1 Å². The van der Waals surface area contributed by atoms with Gasteiger partial charge in [0.25, 0.3) is 0 Å². The highest BCUT2D eigenvalue weighted by molar-refractivity contribution is 8.15. The average Bonchev–Trinajstić information content (AvgIpc) is 3.62. The molecule has 1 atom stereocenters. The Morgan fingerprint density at radius 3 is 2.39 bits per heavy atom. The zero-order chi connectivity index (χ0) is 33.2. The molecular weight excluding hydrogens is 664 g/mol. The molecule has 1 aromatic heterocycles. The monoisotopic (exact) mass is 683 g/mol. The zero-order valence-corrected chi connectivity index (χ0v) is 24.8. The van der Waals surface area contributed by atoms with Gasteiger partial charge in [0.05, 0.1) is 22.7 Å². The molecule has 1 aliphatic rings. The fraction of sp³-hybridized carbons (Fsp3) is 0.179. The molecule has 0 bridgehead atoms. The first-order chi connectivity index (χ1) is 21.7. The molecule has 0 radical (unpaired) electrons. The Bertz CT molecular complexity index is 1780. The Morgan fingerprint density at radius 1 is 1.04 bits per heavy atom. The van der Waals surface area contributed by atoms with E-state index in [1.165, 1.54) is 23.1 Å². The number of hydrogen-bond donors (Lipinski definition) is 2. The second kappa shape index (κ2) is 13.0. The Hall–Kier alpha value is -4.61. The smallest absolute Gasteiger partial charge is 0.406 e. The second-order valence-electron chi connectivity index (χ2n) is 9.54. The number of amides is 3. The van der Waals surface area contributed by atoms with Crippen molar-refractivity contribution in [3.63, 3.8) is 0 Å². The minimum atomic E-state index is -4.80. The lowest BCUT2D eigenvalue weighted by Crippen LogP contribution is -2.39. The Balaban J connectivity index is 1.21. The van der Waals surface area contributed by atoms with Crippen molar-refractivity contribution in [2.45, 2.75) is 25.5 Å². The van der Waals surface area contributed by atoms with Crippen LogP contribution in [0.15, 0.2) is 78.0 Å². The SMILES string of the molecule is CC(NNC(=O)N=C1SCC(=O)N1c1cc(Cl)ccc1C(F)(F)F)c1ccc(-c2ncn(-c3ccc(OC(F)(F)F)cc3)n2)cc1. The van der Waals surface area contributed by atoms with Crippen LogP contribution in [0, 0.1) is 0 Å². The third kappa shape index (κ3) is 7.78. The fourth-order valence-electron chi connectivity index (χ4n) is 4.22. The number of alkyl halides is 6. The number of hydrogen-bond acceptors (Lipinski definition) is 7. The van der Waals surface area contributed by atoms with Crippen molar-refractivity contribution in [3.8, 4) is 22.8 Å². The van der Waals surface area contributed by atoms with Gasteiger partial charge in [0.15, 0.2) is 11.0 Å². The highest BCUT2D eigenvalue weighted by Gasteiger charge is 2.40. The van der Waals surface area contributed by atoms with Crippen molar-refractivity contribution in [3.05, 3.63) is 89.2 Å². The number of amidine groups is 1. The van der Waals surface area contributed by atoms with Crippen molar-refractivity contribution in [2.24, 2.45) is 4.99 Å². The van der Waals surface area contributed by atoms with Gasteiger partial charge in [-0.25, -0.2) is 19.9 Å². The van der Waals surface area contributed by atoms with Crippen LogP contribution in [0.2, 0.25) is 5.02 Å². The molecule has 4 aromatic rings. The molecule has 240 valence electrons. The molecule has 1 saturated heterocycles. The van der Waals surface area contributed by atoms with Crippen molar-refractivity contribution >= 4 is 46.2 Å². The van der Waals surface area contributed by atoms with Crippen LogP contribution in [-0.4, -0.2) is 44.0 Å². The first kappa shape index (κ1) is 32.8. The van der Waals surface area contributed by atoms with Crippen LogP contribution in [-0.2, 0) is 11.0 Å². The predicted octanol–water partition coefficient (Wildman–Crippen LogP) is 6.92. The standard InChI is InChI=1S/C28H20ClF6N7O3S/c1-15(38-39-25(44)37-26-42(23(43)13-46-26)22-12-18(29)6-11-21(22)27(30,31)32)16-2-4-17(5-3-16)24-36-14-41(40-24)19-7-9-20(10-8-19)45-28(33,34)35/h2-12,14-15,38H,13H2,1H3,(H,39,44). The molecule has 0 spiro atoms. The van der Waals surface area contributed by atoms with E-state index in [-0.39, 0.29) is 21.7 Å². The zero-order valence-electron chi connectivity index (χ0n) is 23.2. The van der Waals surface area contributed by atoms with E-state index < -0.39 is 41.8 Å². The van der Waals surface area contributed by atoms with Crippen LogP contribution in [0.3, 0.4) is 0 Å². The second-order valence-corrected chi connectivity index (χ2v) is 10.9. The molecule has 1 fully saturated rings. The largest absolute Gasteiger partial charge is 0.573 e. The van der Waals surface area contributed by atoms with Crippen LogP contribution in [0.5, 0.6) is 5.75 Å². The molecule has 18 heteroatoms. The summed E-state index contributed by atoms with van der Waals surface area (Å²) in [6.45, 7) is 1.73. The van der Waals surface area contributed by atoms with Gasteiger partial charge in [-0.05, 0) is 55.0 Å². The number of urea groups is 1. The number of hydrazine groups is 1. The lowest BCUT2D eigenvalue weighted by atomic mass is 10.1. The van der Waals surface area contributed by atoms with E-state index in [4.69, 9.17) is 11.6 Å². The summed E-state index contributed by atoms with van der Waals surface area (Å²) in [6, 6.07) is 13.4. The van der Waals surface area contributed by atoms with Crippen LogP contribution >= 0.6 is 23.4 Å². The number of carbonyl (C=O) groups is 2. The lowest BCUT2D eigenvalue weighted by molar-refractivity contribution is -0.274. The van der Waals surface area contributed by atoms with Gasteiger partial charge in [0, 0.05) is 16.6 Å². The van der Waals surface area contributed by atoms with Crippen molar-refractivity contribution < 1.29 is 40.7 Å². The summed E-state index contributed by atoms with van der Waals surface area (Å²) in [7, 11) is 0. The number of aromatic nitrogens is 3. The summed E-state index contributed by atoms with van der Waals surface area (Å²) < 4.78 is 83.3. The summed E-state index contributed by atoms with van der Waals surface area (Å²) in [5.41, 5.74) is 5.28. The maximum absolute atomic E-state index is 13.6. The van der Waals surface area contributed by atoms with Gasteiger partial charge < -0.3 is 4.74 Å². The van der Waals surface area contributed by atoms with Gasteiger partial charge in [-0.2, -0.15) is 18.2 Å². The number of benzene rings is 3. The highest BCUT2D eigenvalue weighted by atomic mass is 35.5. The minimum absolute atomic E-state index is 0.0321. The minimum Gasteiger partial charge on any atom is -0.406 e. The number of nitrogens with one attached hydrogen (secondary N) is 2. The molecule has 1 aliphatic heterocycles. The topological polar surface area (TPSA) is 114 Å². The molecule has 2 heterocycles. The van der Waals surface area contributed by atoms with Crippen LogP contribution in [0.1, 0.15) is 24.1 Å². The number of thioether (sulfide) groups is 1. The summed E-state index contributed by atoms with van der Waals surface area (Å²) in [5, 5.41) is 4.07. The summed E-state index contributed by atoms with van der Waals surface area (Å²) in [6.07, 6.45) is -8.18. The van der Waals surface area contributed by atoms with E-state index in [1.54, 1.807) is 31.2 Å². The van der Waals surface area contributed by atoms with E-state index in [2.05, 4.69) is 30.7 Å². The van der Waals surface area contributed by atoms with Gasteiger partial charge >= 0.3 is 18.6 Å². The fourth-order valence-corrected chi connectivity index (χ4v) is 5.25. The van der Waals surface area contributed by atoms with Crippen LogP contribution in [0.25, 0.3) is 17.1 Å². The molecule has 5 rings (SSSR count). The van der Waals surface area contributed by atoms with Gasteiger partial charge in [-0.1, -0.05) is 47.6 Å². The van der Waals surface area contributed by atoms with E-state index in [0.29, 0.717) is 22.0 Å². The molecular formula is C28H20ClF6N7O3S. The molecule has 2 N–H and O–H groups in total. The van der Waals surface area contributed by atoms with Crippen LogP contribution < -0.4 is 20.5 Å². The van der Waals surface area contributed by atoms with E-state index in [1.807, 2.05) is 0 Å². The molecule has 1 unspecified atom stereocenters. The van der Waals surface area contributed by atoms with E-state index >= 15 is 0 Å². The number of rotatable bonds is 7.